The number of carbonyl (C=O) groups excluding carboxylic acids is 2. The second-order valence-corrected chi connectivity index (χ2v) is 6.61. The molecular formula is C20H24N4O3. The molecule has 142 valence electrons. The predicted octanol–water partition coefficient (Wildman–Crippen LogP) is 1.98. The number of aromatic nitrogens is 1. The van der Waals surface area contributed by atoms with Gasteiger partial charge in [0, 0.05) is 25.6 Å². The normalized spacial score (nSPS) is 17.3. The lowest BCUT2D eigenvalue weighted by Crippen LogP contribution is -2.36. The minimum atomic E-state index is -0.263. The van der Waals surface area contributed by atoms with E-state index in [0.717, 1.165) is 11.3 Å². The number of ether oxygens (including phenoxy) is 1. The summed E-state index contributed by atoms with van der Waals surface area (Å²) in [7, 11) is 1.62. The minimum Gasteiger partial charge on any atom is -0.497 e. The second kappa shape index (κ2) is 8.53. The average molecular weight is 368 g/mol. The van der Waals surface area contributed by atoms with E-state index in [4.69, 9.17) is 10.5 Å². The van der Waals surface area contributed by atoms with Crippen molar-refractivity contribution in [3.63, 3.8) is 0 Å². The van der Waals surface area contributed by atoms with Gasteiger partial charge < -0.3 is 20.7 Å². The molecule has 1 atom stereocenters. The molecule has 2 aromatic rings. The van der Waals surface area contributed by atoms with Crippen molar-refractivity contribution >= 4 is 17.6 Å². The van der Waals surface area contributed by atoms with Gasteiger partial charge in [-0.1, -0.05) is 18.2 Å². The number of nitrogen functional groups attached to an aromatic ring is 1. The monoisotopic (exact) mass is 368 g/mol. The van der Waals surface area contributed by atoms with Crippen molar-refractivity contribution in [1.82, 2.24) is 15.2 Å². The summed E-state index contributed by atoms with van der Waals surface area (Å²) in [6.07, 6.45) is 1.71. The molecule has 0 aliphatic carbocycles. The molecule has 27 heavy (non-hydrogen) atoms. The van der Waals surface area contributed by atoms with E-state index in [0.29, 0.717) is 43.9 Å². The summed E-state index contributed by atoms with van der Waals surface area (Å²) in [5.41, 5.74) is 6.95. The van der Waals surface area contributed by atoms with E-state index in [1.807, 2.05) is 29.2 Å². The van der Waals surface area contributed by atoms with E-state index < -0.39 is 0 Å². The molecule has 1 unspecified atom stereocenters. The summed E-state index contributed by atoms with van der Waals surface area (Å²) in [6.45, 7) is 1.12. The highest BCUT2D eigenvalue weighted by Gasteiger charge is 2.24. The maximum Gasteiger partial charge on any atom is 0.270 e. The summed E-state index contributed by atoms with van der Waals surface area (Å²) in [5, 5.41) is 2.97. The number of hydrogen-bond acceptors (Lipinski definition) is 5. The molecule has 0 saturated carbocycles. The van der Waals surface area contributed by atoms with Crippen molar-refractivity contribution in [2.24, 2.45) is 0 Å². The molecule has 7 heteroatoms. The zero-order valence-electron chi connectivity index (χ0n) is 15.4. The highest BCUT2D eigenvalue weighted by Crippen LogP contribution is 2.18. The van der Waals surface area contributed by atoms with Gasteiger partial charge in [-0.2, -0.15) is 0 Å². The van der Waals surface area contributed by atoms with Crippen molar-refractivity contribution in [2.75, 3.05) is 19.4 Å². The average Bonchev–Trinajstić information content (AvgIpc) is 2.84. The molecule has 0 radical (unpaired) electrons. The molecule has 1 aromatic carbocycles. The van der Waals surface area contributed by atoms with Crippen LogP contribution in [0, 0.1) is 0 Å². The number of methoxy groups -OCH3 is 1. The molecule has 0 spiro atoms. The zero-order chi connectivity index (χ0) is 19.2. The minimum absolute atomic E-state index is 0.0695. The molecule has 2 amide bonds. The molecular weight excluding hydrogens is 344 g/mol. The first-order chi connectivity index (χ1) is 13.0. The third-order valence-corrected chi connectivity index (χ3v) is 4.65. The summed E-state index contributed by atoms with van der Waals surface area (Å²) in [4.78, 5) is 30.7. The first kappa shape index (κ1) is 18.7. The number of benzene rings is 1. The van der Waals surface area contributed by atoms with Crippen LogP contribution in [-0.4, -0.2) is 41.4 Å². The van der Waals surface area contributed by atoms with Crippen LogP contribution in [0.4, 0.5) is 5.82 Å². The van der Waals surface area contributed by atoms with Crippen LogP contribution in [0.1, 0.15) is 35.3 Å². The standard InChI is InChI=1S/C20H24N4O3/c1-27-16-5-2-4-14(12-16)13-24-11-10-15(8-9-19(24)25)22-20(26)17-6-3-7-18(21)23-17/h2-7,12,15H,8-11,13H2,1H3,(H2,21,23)(H,22,26). The first-order valence-corrected chi connectivity index (χ1v) is 8.99. The van der Waals surface area contributed by atoms with Crippen LogP contribution in [0.25, 0.3) is 0 Å². The summed E-state index contributed by atoms with van der Waals surface area (Å²) < 4.78 is 5.24. The van der Waals surface area contributed by atoms with E-state index in [1.165, 1.54) is 0 Å². The van der Waals surface area contributed by atoms with E-state index in [-0.39, 0.29) is 17.9 Å². The lowest BCUT2D eigenvalue weighted by Gasteiger charge is -2.21. The molecule has 1 saturated heterocycles. The largest absolute Gasteiger partial charge is 0.497 e. The lowest BCUT2D eigenvalue weighted by atomic mass is 10.1. The second-order valence-electron chi connectivity index (χ2n) is 6.61. The van der Waals surface area contributed by atoms with Gasteiger partial charge in [-0.3, -0.25) is 9.59 Å². The molecule has 0 bridgehead atoms. The fraction of sp³-hybridized carbons (Fsp3) is 0.350. The van der Waals surface area contributed by atoms with Gasteiger partial charge in [0.1, 0.15) is 17.3 Å². The Hall–Kier alpha value is -3.09. The van der Waals surface area contributed by atoms with Crippen LogP contribution in [0.2, 0.25) is 0 Å². The number of hydrogen-bond donors (Lipinski definition) is 2. The van der Waals surface area contributed by atoms with Gasteiger partial charge in [0.2, 0.25) is 5.91 Å². The van der Waals surface area contributed by atoms with Crippen molar-refractivity contribution < 1.29 is 14.3 Å². The van der Waals surface area contributed by atoms with Gasteiger partial charge in [-0.25, -0.2) is 4.98 Å². The Bertz CT molecular complexity index is 824. The number of nitrogens with zero attached hydrogens (tertiary/aromatic N) is 2. The van der Waals surface area contributed by atoms with Crippen LogP contribution in [-0.2, 0) is 11.3 Å². The highest BCUT2D eigenvalue weighted by molar-refractivity contribution is 5.92. The number of nitrogens with one attached hydrogen (secondary N) is 1. The molecule has 7 nitrogen and oxygen atoms in total. The predicted molar refractivity (Wildman–Crippen MR) is 102 cm³/mol. The molecule has 1 fully saturated rings. The molecule has 2 heterocycles. The van der Waals surface area contributed by atoms with E-state index >= 15 is 0 Å². The van der Waals surface area contributed by atoms with Gasteiger partial charge >= 0.3 is 0 Å². The van der Waals surface area contributed by atoms with Gasteiger partial charge in [-0.05, 0) is 42.7 Å². The maximum absolute atomic E-state index is 12.5. The Balaban J connectivity index is 1.60. The van der Waals surface area contributed by atoms with Crippen molar-refractivity contribution in [2.45, 2.75) is 31.8 Å². The van der Waals surface area contributed by atoms with Gasteiger partial charge in [0.15, 0.2) is 0 Å². The molecule has 1 aliphatic heterocycles. The van der Waals surface area contributed by atoms with Crippen molar-refractivity contribution in [3.8, 4) is 5.75 Å². The Morgan fingerprint density at radius 2 is 2.11 bits per heavy atom. The zero-order valence-corrected chi connectivity index (χ0v) is 15.4. The van der Waals surface area contributed by atoms with Crippen molar-refractivity contribution in [1.29, 1.82) is 0 Å². The Morgan fingerprint density at radius 1 is 1.30 bits per heavy atom. The van der Waals surface area contributed by atoms with E-state index in [1.54, 1.807) is 25.3 Å². The van der Waals surface area contributed by atoms with E-state index in [9.17, 15) is 9.59 Å². The third-order valence-electron chi connectivity index (χ3n) is 4.65. The number of pyridine rings is 1. The molecule has 1 aromatic heterocycles. The van der Waals surface area contributed by atoms with Crippen LogP contribution in [0.5, 0.6) is 5.75 Å². The number of likely N-dealkylation sites (tertiary alicyclic amines) is 1. The fourth-order valence-electron chi connectivity index (χ4n) is 3.18. The number of nitrogens with two attached hydrogens (primary N) is 1. The van der Waals surface area contributed by atoms with E-state index in [2.05, 4.69) is 10.3 Å². The van der Waals surface area contributed by atoms with Gasteiger partial charge in [-0.15, -0.1) is 0 Å². The number of amides is 2. The van der Waals surface area contributed by atoms with Crippen LogP contribution in [0.15, 0.2) is 42.5 Å². The Kier molecular flexibility index (Phi) is 5.90. The molecule has 1 aliphatic rings. The Labute approximate surface area is 158 Å². The van der Waals surface area contributed by atoms with Crippen LogP contribution < -0.4 is 15.8 Å². The summed E-state index contributed by atoms with van der Waals surface area (Å²) in [5.74, 6) is 0.912. The molecule has 3 N–H and O–H groups in total. The SMILES string of the molecule is COc1cccc(CN2CCC(NC(=O)c3cccc(N)n3)CCC2=O)c1. The fourth-order valence-corrected chi connectivity index (χ4v) is 3.18. The maximum atomic E-state index is 12.5. The topological polar surface area (TPSA) is 97.6 Å². The van der Waals surface area contributed by atoms with Crippen LogP contribution >= 0.6 is 0 Å². The van der Waals surface area contributed by atoms with Gasteiger partial charge in [0.05, 0.1) is 7.11 Å². The van der Waals surface area contributed by atoms with Gasteiger partial charge in [0.25, 0.3) is 5.91 Å². The molecule has 3 rings (SSSR count). The summed E-state index contributed by atoms with van der Waals surface area (Å²) in [6, 6.07) is 12.6. The summed E-state index contributed by atoms with van der Waals surface area (Å²) >= 11 is 0. The first-order valence-electron chi connectivity index (χ1n) is 8.99. The highest BCUT2D eigenvalue weighted by atomic mass is 16.5. The third kappa shape index (κ3) is 4.97. The van der Waals surface area contributed by atoms with Crippen LogP contribution in [0.3, 0.4) is 0 Å². The smallest absolute Gasteiger partial charge is 0.270 e. The lowest BCUT2D eigenvalue weighted by molar-refractivity contribution is -0.131. The number of carbonyl (C=O) groups is 2. The quantitative estimate of drug-likeness (QED) is 0.841. The van der Waals surface area contributed by atoms with Crippen molar-refractivity contribution in [3.05, 3.63) is 53.7 Å². The number of anilines is 1. The Morgan fingerprint density at radius 3 is 2.89 bits per heavy atom. The number of rotatable bonds is 5.